The predicted molar refractivity (Wildman–Crippen MR) is 111 cm³/mol. The highest BCUT2D eigenvalue weighted by Crippen LogP contribution is 2.11. The Morgan fingerprint density at radius 3 is 2.19 bits per heavy atom. The maximum Gasteiger partial charge on any atom is 0.227 e. The van der Waals surface area contributed by atoms with Crippen LogP contribution < -0.4 is 4.57 Å². The summed E-state index contributed by atoms with van der Waals surface area (Å²) in [7, 11) is 0. The summed E-state index contributed by atoms with van der Waals surface area (Å²) >= 11 is 0. The van der Waals surface area contributed by atoms with Gasteiger partial charge in [0.2, 0.25) is 12.3 Å². The van der Waals surface area contributed by atoms with Crippen LogP contribution >= 0.6 is 0 Å². The van der Waals surface area contributed by atoms with Crippen LogP contribution in [0.3, 0.4) is 0 Å². The number of rotatable bonds is 14. The van der Waals surface area contributed by atoms with Crippen molar-refractivity contribution < 1.29 is 9.36 Å². The zero-order valence-corrected chi connectivity index (χ0v) is 16.9. The fourth-order valence-electron chi connectivity index (χ4n) is 3.44. The second-order valence-corrected chi connectivity index (χ2v) is 7.42. The molecule has 0 aliphatic heterocycles. The molecule has 0 aliphatic carbocycles. The lowest BCUT2D eigenvalue weighted by Crippen LogP contribution is -2.41. The summed E-state index contributed by atoms with van der Waals surface area (Å²) < 4.78 is 2.05. The molecule has 2 aromatic rings. The molecule has 0 radical (unpaired) electrons. The first-order chi connectivity index (χ1) is 13.3. The third-order valence-corrected chi connectivity index (χ3v) is 5.12. The van der Waals surface area contributed by atoms with Crippen molar-refractivity contribution in [2.45, 2.75) is 84.1 Å². The SMILES string of the molecule is CCCCCCCCCCCCc1cncc[n+]1CC(=O)c1ccccc1. The van der Waals surface area contributed by atoms with Gasteiger partial charge < -0.3 is 0 Å². The molecule has 0 spiro atoms. The third-order valence-electron chi connectivity index (χ3n) is 5.12. The van der Waals surface area contributed by atoms with E-state index in [1.165, 1.54) is 64.2 Å². The van der Waals surface area contributed by atoms with Crippen molar-refractivity contribution in [2.24, 2.45) is 0 Å². The topological polar surface area (TPSA) is 33.8 Å². The van der Waals surface area contributed by atoms with Crippen LogP contribution in [0.4, 0.5) is 0 Å². The van der Waals surface area contributed by atoms with Crippen LogP contribution in [0.25, 0.3) is 0 Å². The summed E-state index contributed by atoms with van der Waals surface area (Å²) in [6.45, 7) is 2.66. The first-order valence-corrected chi connectivity index (χ1v) is 10.7. The van der Waals surface area contributed by atoms with E-state index in [4.69, 9.17) is 0 Å². The average Bonchev–Trinajstić information content (AvgIpc) is 2.71. The molecule has 0 unspecified atom stereocenters. The molecule has 0 N–H and O–H groups in total. The molecule has 3 nitrogen and oxygen atoms in total. The van der Waals surface area contributed by atoms with Gasteiger partial charge >= 0.3 is 0 Å². The minimum Gasteiger partial charge on any atom is -0.287 e. The van der Waals surface area contributed by atoms with Crippen molar-refractivity contribution in [3.05, 3.63) is 60.2 Å². The molecule has 0 amide bonds. The fraction of sp³-hybridized carbons (Fsp3) is 0.542. The van der Waals surface area contributed by atoms with Crippen LogP contribution in [0.1, 0.15) is 87.2 Å². The van der Waals surface area contributed by atoms with Gasteiger partial charge in [-0.25, -0.2) is 0 Å². The second-order valence-electron chi connectivity index (χ2n) is 7.42. The quantitative estimate of drug-likeness (QED) is 0.243. The summed E-state index contributed by atoms with van der Waals surface area (Å²) in [4.78, 5) is 16.7. The Morgan fingerprint density at radius 1 is 0.889 bits per heavy atom. The molecule has 0 atom stereocenters. The van der Waals surface area contributed by atoms with Crippen molar-refractivity contribution in [3.63, 3.8) is 0 Å². The Hall–Kier alpha value is -2.03. The first-order valence-electron chi connectivity index (χ1n) is 10.7. The van der Waals surface area contributed by atoms with Gasteiger partial charge in [0.1, 0.15) is 0 Å². The number of nitrogens with zero attached hydrogens (tertiary/aromatic N) is 2. The smallest absolute Gasteiger partial charge is 0.227 e. The van der Waals surface area contributed by atoms with E-state index in [9.17, 15) is 4.79 Å². The molecular formula is C24H35N2O+. The van der Waals surface area contributed by atoms with Gasteiger partial charge in [0.25, 0.3) is 0 Å². The Bertz CT molecular complexity index is 654. The minimum atomic E-state index is 0.149. The summed E-state index contributed by atoms with van der Waals surface area (Å²) in [5.74, 6) is 0.149. The first kappa shape index (κ1) is 21.3. The number of carbonyl (C=O) groups excluding carboxylic acids is 1. The molecule has 0 fully saturated rings. The predicted octanol–water partition coefficient (Wildman–Crippen LogP) is 5.72. The maximum atomic E-state index is 12.5. The van der Waals surface area contributed by atoms with Crippen LogP contribution in [0.5, 0.6) is 0 Å². The molecule has 2 rings (SSSR count). The van der Waals surface area contributed by atoms with Crippen molar-refractivity contribution in [2.75, 3.05) is 0 Å². The number of unbranched alkanes of at least 4 members (excludes halogenated alkanes) is 9. The summed E-state index contributed by atoms with van der Waals surface area (Å²) in [6.07, 6.45) is 20.0. The van der Waals surface area contributed by atoms with Crippen molar-refractivity contribution >= 4 is 5.78 Å². The summed E-state index contributed by atoms with van der Waals surface area (Å²) in [6, 6.07) is 9.52. The highest BCUT2D eigenvalue weighted by atomic mass is 16.1. The van der Waals surface area contributed by atoms with Gasteiger partial charge in [0.05, 0.1) is 12.4 Å². The third kappa shape index (κ3) is 8.47. The van der Waals surface area contributed by atoms with Crippen molar-refractivity contribution in [1.82, 2.24) is 4.98 Å². The molecule has 3 heteroatoms. The molecule has 0 saturated heterocycles. The van der Waals surface area contributed by atoms with Crippen LogP contribution in [0, 0.1) is 0 Å². The molecular weight excluding hydrogens is 332 g/mol. The Balaban J connectivity index is 1.67. The molecule has 0 bridgehead atoms. The van der Waals surface area contributed by atoms with Gasteiger partial charge in [-0.05, 0) is 6.42 Å². The molecule has 1 aromatic heterocycles. The van der Waals surface area contributed by atoms with Gasteiger partial charge in [-0.15, -0.1) is 0 Å². The number of aryl methyl sites for hydroxylation is 1. The van der Waals surface area contributed by atoms with E-state index in [2.05, 4.69) is 16.5 Å². The van der Waals surface area contributed by atoms with E-state index >= 15 is 0 Å². The molecule has 0 saturated carbocycles. The van der Waals surface area contributed by atoms with E-state index in [0.29, 0.717) is 6.54 Å². The molecule has 27 heavy (non-hydrogen) atoms. The molecule has 146 valence electrons. The number of aromatic nitrogens is 2. The number of Topliss-reactive ketones (excluding diaryl/α,β-unsaturated/α-hetero) is 1. The number of ketones is 1. The van der Waals surface area contributed by atoms with E-state index in [1.54, 1.807) is 6.20 Å². The largest absolute Gasteiger partial charge is 0.287 e. The van der Waals surface area contributed by atoms with Gasteiger partial charge in [-0.3, -0.25) is 9.78 Å². The summed E-state index contributed by atoms with van der Waals surface area (Å²) in [5.41, 5.74) is 1.92. The maximum absolute atomic E-state index is 12.5. The lowest BCUT2D eigenvalue weighted by atomic mass is 10.1. The van der Waals surface area contributed by atoms with Crippen LogP contribution in [-0.2, 0) is 13.0 Å². The zero-order valence-electron chi connectivity index (χ0n) is 16.9. The van der Waals surface area contributed by atoms with E-state index < -0.39 is 0 Å². The Kier molecular flexibility index (Phi) is 10.4. The molecule has 1 heterocycles. The van der Waals surface area contributed by atoms with Gasteiger partial charge in [-0.1, -0.05) is 95.0 Å². The Labute approximate surface area is 164 Å². The Morgan fingerprint density at radius 2 is 1.52 bits per heavy atom. The average molecular weight is 368 g/mol. The highest BCUT2D eigenvalue weighted by Gasteiger charge is 2.16. The normalized spacial score (nSPS) is 10.9. The van der Waals surface area contributed by atoms with Crippen molar-refractivity contribution in [3.8, 4) is 0 Å². The standard InChI is InChI=1S/C24H35N2O/c1-2-3-4-5-6-7-8-9-10-14-17-23-20-25-18-19-26(23)21-24(27)22-15-12-11-13-16-22/h11-13,15-16,18-20H,2-10,14,17,21H2,1H3/q+1. The highest BCUT2D eigenvalue weighted by molar-refractivity contribution is 5.94. The molecule has 1 aromatic carbocycles. The van der Waals surface area contributed by atoms with E-state index in [0.717, 1.165) is 17.7 Å². The number of benzene rings is 1. The van der Waals surface area contributed by atoms with E-state index in [-0.39, 0.29) is 5.78 Å². The van der Waals surface area contributed by atoms with Crippen LogP contribution in [0.15, 0.2) is 48.9 Å². The second kappa shape index (κ2) is 13.2. The monoisotopic (exact) mass is 367 g/mol. The van der Waals surface area contributed by atoms with Gasteiger partial charge in [0.15, 0.2) is 11.9 Å². The summed E-state index contributed by atoms with van der Waals surface area (Å²) in [5, 5.41) is 0. The minimum absolute atomic E-state index is 0.149. The number of carbonyl (C=O) groups is 1. The van der Waals surface area contributed by atoms with Gasteiger partial charge in [-0.2, -0.15) is 4.57 Å². The van der Waals surface area contributed by atoms with Gasteiger partial charge in [0, 0.05) is 12.0 Å². The number of hydrogen-bond acceptors (Lipinski definition) is 2. The molecule has 0 aliphatic rings. The van der Waals surface area contributed by atoms with Crippen LogP contribution in [0.2, 0.25) is 0 Å². The lowest BCUT2D eigenvalue weighted by Gasteiger charge is -2.04. The fourth-order valence-corrected chi connectivity index (χ4v) is 3.44. The van der Waals surface area contributed by atoms with Crippen LogP contribution in [-0.4, -0.2) is 10.8 Å². The lowest BCUT2D eigenvalue weighted by molar-refractivity contribution is -0.691. The van der Waals surface area contributed by atoms with E-state index in [1.807, 2.05) is 42.7 Å². The zero-order chi connectivity index (χ0) is 19.2. The number of hydrogen-bond donors (Lipinski definition) is 0. The van der Waals surface area contributed by atoms with Crippen molar-refractivity contribution in [1.29, 1.82) is 0 Å².